The van der Waals surface area contributed by atoms with Crippen LogP contribution >= 0.6 is 34.8 Å². The summed E-state index contributed by atoms with van der Waals surface area (Å²) in [7, 11) is 0. The van der Waals surface area contributed by atoms with Crippen molar-refractivity contribution in [2.24, 2.45) is 0 Å². The lowest BCUT2D eigenvalue weighted by Gasteiger charge is -2.40. The molecule has 230 valence electrons. The monoisotopic (exact) mass is 656 g/mol. The van der Waals surface area contributed by atoms with Crippen LogP contribution in [0.3, 0.4) is 0 Å². The van der Waals surface area contributed by atoms with E-state index in [0.29, 0.717) is 0 Å². The Morgan fingerprint density at radius 2 is 1.16 bits per heavy atom. The lowest BCUT2D eigenvalue weighted by atomic mass is 9.96. The lowest BCUT2D eigenvalue weighted by molar-refractivity contribution is 0.103. The molecule has 2 aliphatic rings. The summed E-state index contributed by atoms with van der Waals surface area (Å²) in [6.07, 6.45) is 0. The Balaban J connectivity index is 1.06. The van der Waals surface area contributed by atoms with Gasteiger partial charge in [0.15, 0.2) is 0 Å². The van der Waals surface area contributed by atoms with Gasteiger partial charge in [-0.05, 0) is 59.7 Å². The first-order chi connectivity index (χ1) is 22.0. The largest absolute Gasteiger partial charge is 0.367 e. The van der Waals surface area contributed by atoms with Crippen molar-refractivity contribution in [3.05, 3.63) is 129 Å². The summed E-state index contributed by atoms with van der Waals surface area (Å²) in [5, 5.41) is 3.39. The molecule has 2 saturated heterocycles. The standard InChI is InChI=1S/C36H35Cl3N6/c37-28-13-9-26(10-14-28)35(27-11-15-29(38)16-12-27)44-19-17-42(18-20-44)25-34-40-32-7-3-1-5-30(32)36(41-34)45-23-21-43(22-24-45)33-8-4-2-6-31(33)39/h1-16,35H,17-25H2. The fourth-order valence-electron chi connectivity index (χ4n) is 6.57. The molecule has 6 nitrogen and oxygen atoms in total. The summed E-state index contributed by atoms with van der Waals surface area (Å²) in [4.78, 5) is 20.0. The number of fused-ring (bicyclic) bond motifs is 1. The van der Waals surface area contributed by atoms with Crippen molar-refractivity contribution in [3.8, 4) is 0 Å². The minimum absolute atomic E-state index is 0.134. The topological polar surface area (TPSA) is 38.7 Å². The van der Waals surface area contributed by atoms with E-state index in [4.69, 9.17) is 44.8 Å². The summed E-state index contributed by atoms with van der Waals surface area (Å²) in [6, 6.07) is 33.0. The number of piperazine rings is 2. The number of benzene rings is 4. The van der Waals surface area contributed by atoms with Crippen LogP contribution in [0.15, 0.2) is 97.1 Å². The summed E-state index contributed by atoms with van der Waals surface area (Å²) in [6.45, 7) is 7.98. The second-order valence-electron chi connectivity index (χ2n) is 11.7. The molecular formula is C36H35Cl3N6. The van der Waals surface area contributed by atoms with Gasteiger partial charge in [0, 0.05) is 67.8 Å². The van der Waals surface area contributed by atoms with Crippen LogP contribution in [0.25, 0.3) is 10.9 Å². The predicted octanol–water partition coefficient (Wildman–Crippen LogP) is 7.82. The summed E-state index contributed by atoms with van der Waals surface area (Å²) in [5.74, 6) is 1.90. The number of halogens is 3. The Kier molecular flexibility index (Phi) is 9.11. The van der Waals surface area contributed by atoms with E-state index in [2.05, 4.69) is 74.2 Å². The Labute approximate surface area is 279 Å². The molecule has 0 unspecified atom stereocenters. The van der Waals surface area contributed by atoms with E-state index in [9.17, 15) is 0 Å². The first-order valence-electron chi connectivity index (χ1n) is 15.5. The van der Waals surface area contributed by atoms with Crippen molar-refractivity contribution in [1.29, 1.82) is 0 Å². The van der Waals surface area contributed by atoms with Gasteiger partial charge in [-0.25, -0.2) is 9.97 Å². The minimum Gasteiger partial charge on any atom is -0.367 e. The molecule has 1 aromatic heterocycles. The average molecular weight is 658 g/mol. The van der Waals surface area contributed by atoms with Crippen LogP contribution in [-0.2, 0) is 6.54 Å². The van der Waals surface area contributed by atoms with Gasteiger partial charge >= 0.3 is 0 Å². The third-order valence-electron chi connectivity index (χ3n) is 8.91. The maximum Gasteiger partial charge on any atom is 0.145 e. The molecule has 0 amide bonds. The second kappa shape index (κ2) is 13.5. The van der Waals surface area contributed by atoms with Crippen molar-refractivity contribution in [3.63, 3.8) is 0 Å². The molecule has 0 radical (unpaired) electrons. The third-order valence-corrected chi connectivity index (χ3v) is 9.73. The van der Waals surface area contributed by atoms with Crippen molar-refractivity contribution >= 4 is 57.2 Å². The Morgan fingerprint density at radius 1 is 0.578 bits per heavy atom. The second-order valence-corrected chi connectivity index (χ2v) is 13.0. The Hall–Kier alpha value is -3.39. The Morgan fingerprint density at radius 3 is 1.80 bits per heavy atom. The first kappa shape index (κ1) is 30.3. The van der Waals surface area contributed by atoms with Gasteiger partial charge in [-0.3, -0.25) is 9.80 Å². The number of aromatic nitrogens is 2. The molecule has 0 aliphatic carbocycles. The van der Waals surface area contributed by atoms with Crippen LogP contribution in [-0.4, -0.2) is 72.1 Å². The number of rotatable bonds is 7. The van der Waals surface area contributed by atoms with E-state index in [0.717, 1.165) is 102 Å². The van der Waals surface area contributed by atoms with E-state index >= 15 is 0 Å². The average Bonchev–Trinajstić information content (AvgIpc) is 3.07. The predicted molar refractivity (Wildman–Crippen MR) is 187 cm³/mol. The van der Waals surface area contributed by atoms with Crippen molar-refractivity contribution in [1.82, 2.24) is 19.8 Å². The zero-order chi connectivity index (χ0) is 30.8. The number of anilines is 2. The van der Waals surface area contributed by atoms with Crippen LogP contribution in [0.2, 0.25) is 15.1 Å². The van der Waals surface area contributed by atoms with Crippen molar-refractivity contribution in [2.75, 3.05) is 62.2 Å². The first-order valence-corrected chi connectivity index (χ1v) is 16.6. The van der Waals surface area contributed by atoms with Gasteiger partial charge in [0.1, 0.15) is 11.6 Å². The molecule has 0 spiro atoms. The van der Waals surface area contributed by atoms with Gasteiger partial charge in [-0.15, -0.1) is 0 Å². The van der Waals surface area contributed by atoms with Crippen LogP contribution in [0.1, 0.15) is 23.0 Å². The summed E-state index contributed by atoms with van der Waals surface area (Å²) >= 11 is 19.0. The Bertz CT molecular complexity index is 1700. The maximum absolute atomic E-state index is 6.51. The van der Waals surface area contributed by atoms with Gasteiger partial charge in [0.05, 0.1) is 28.8 Å². The normalized spacial score (nSPS) is 16.5. The zero-order valence-electron chi connectivity index (χ0n) is 25.0. The highest BCUT2D eigenvalue weighted by Gasteiger charge is 2.28. The molecule has 5 aromatic rings. The molecule has 2 aliphatic heterocycles. The van der Waals surface area contributed by atoms with Crippen LogP contribution in [0.4, 0.5) is 11.5 Å². The van der Waals surface area contributed by atoms with Crippen molar-refractivity contribution < 1.29 is 0 Å². The van der Waals surface area contributed by atoms with Gasteiger partial charge < -0.3 is 9.80 Å². The molecule has 7 rings (SSSR count). The molecule has 45 heavy (non-hydrogen) atoms. The van der Waals surface area contributed by atoms with Gasteiger partial charge in [-0.1, -0.05) is 83.3 Å². The molecule has 9 heteroatoms. The summed E-state index contributed by atoms with van der Waals surface area (Å²) in [5.41, 5.74) is 4.55. The highest BCUT2D eigenvalue weighted by molar-refractivity contribution is 6.33. The van der Waals surface area contributed by atoms with Crippen LogP contribution < -0.4 is 9.80 Å². The number of hydrogen-bond donors (Lipinski definition) is 0. The number of nitrogens with zero attached hydrogens (tertiary/aromatic N) is 6. The quantitative estimate of drug-likeness (QED) is 0.178. The zero-order valence-corrected chi connectivity index (χ0v) is 27.3. The molecule has 0 atom stereocenters. The van der Waals surface area contributed by atoms with Gasteiger partial charge in [0.25, 0.3) is 0 Å². The van der Waals surface area contributed by atoms with E-state index in [1.165, 1.54) is 11.1 Å². The van der Waals surface area contributed by atoms with Crippen LogP contribution in [0, 0.1) is 0 Å². The fourth-order valence-corrected chi connectivity index (χ4v) is 7.08. The van der Waals surface area contributed by atoms with Crippen molar-refractivity contribution in [2.45, 2.75) is 12.6 Å². The highest BCUT2D eigenvalue weighted by atomic mass is 35.5. The summed E-state index contributed by atoms with van der Waals surface area (Å²) < 4.78 is 0. The number of para-hydroxylation sites is 2. The molecule has 0 N–H and O–H groups in total. The molecule has 0 saturated carbocycles. The van der Waals surface area contributed by atoms with E-state index in [1.54, 1.807) is 0 Å². The van der Waals surface area contributed by atoms with E-state index in [-0.39, 0.29) is 6.04 Å². The van der Waals surface area contributed by atoms with E-state index < -0.39 is 0 Å². The third kappa shape index (κ3) is 6.76. The maximum atomic E-state index is 6.51. The number of hydrogen-bond acceptors (Lipinski definition) is 6. The smallest absolute Gasteiger partial charge is 0.145 e. The molecule has 4 aromatic carbocycles. The highest BCUT2D eigenvalue weighted by Crippen LogP contribution is 2.32. The fraction of sp³-hybridized carbons (Fsp3) is 0.278. The molecular weight excluding hydrogens is 623 g/mol. The molecule has 2 fully saturated rings. The molecule has 0 bridgehead atoms. The molecule has 3 heterocycles. The minimum atomic E-state index is 0.134. The van der Waals surface area contributed by atoms with Crippen LogP contribution in [0.5, 0.6) is 0 Å². The SMILES string of the molecule is Clc1ccc(C(c2ccc(Cl)cc2)N2CCN(Cc3nc(N4CCN(c5ccccc5Cl)CC4)c4ccccc4n3)CC2)cc1. The van der Waals surface area contributed by atoms with Gasteiger partial charge in [0.2, 0.25) is 0 Å². The van der Waals surface area contributed by atoms with Gasteiger partial charge in [-0.2, -0.15) is 0 Å². The van der Waals surface area contributed by atoms with E-state index in [1.807, 2.05) is 42.5 Å². The lowest BCUT2D eigenvalue weighted by Crippen LogP contribution is -2.48.